The van der Waals surface area contributed by atoms with Gasteiger partial charge in [0.25, 0.3) is 11.8 Å². The van der Waals surface area contributed by atoms with Crippen LogP contribution >= 0.6 is 23.1 Å². The fraction of sp³-hybridized carbons (Fsp3) is 0.282. The van der Waals surface area contributed by atoms with Crippen molar-refractivity contribution in [1.82, 2.24) is 5.32 Å². The van der Waals surface area contributed by atoms with E-state index in [2.05, 4.69) is 16.0 Å². The molecular weight excluding hydrogens is 687 g/mol. The Morgan fingerprint density at radius 3 is 2.39 bits per heavy atom. The van der Waals surface area contributed by atoms with E-state index >= 15 is 0 Å². The van der Waals surface area contributed by atoms with E-state index < -0.39 is 23.0 Å². The van der Waals surface area contributed by atoms with Crippen LogP contribution in [0.3, 0.4) is 0 Å². The first kappa shape index (κ1) is 37.2. The average Bonchev–Trinajstić information content (AvgIpc) is 3.51. The molecule has 0 spiro atoms. The SMILES string of the molecule is CCOC(=O)c1c(NC(=O)C(CC)Sc2cccc(NC(=O)/C(=C\c3cccc(OC)c3OC)NC(=O)c3ccccc3)c2)sc2c1CCCC2. The Balaban J connectivity index is 1.35. The highest BCUT2D eigenvalue weighted by molar-refractivity contribution is 8.00. The van der Waals surface area contributed by atoms with Gasteiger partial charge < -0.3 is 30.2 Å². The molecule has 1 aliphatic carbocycles. The first-order valence-electron chi connectivity index (χ1n) is 16.8. The summed E-state index contributed by atoms with van der Waals surface area (Å²) in [6, 6.07) is 21.0. The third-order valence-electron chi connectivity index (χ3n) is 8.18. The van der Waals surface area contributed by atoms with E-state index in [1.165, 1.54) is 43.4 Å². The molecular formula is C39H41N3O7S2. The lowest BCUT2D eigenvalue weighted by Gasteiger charge is -2.16. The third-order valence-corrected chi connectivity index (χ3v) is 10.7. The molecule has 51 heavy (non-hydrogen) atoms. The second kappa shape index (κ2) is 17.7. The summed E-state index contributed by atoms with van der Waals surface area (Å²) in [5.41, 5.74) is 2.82. The topological polar surface area (TPSA) is 132 Å². The van der Waals surface area contributed by atoms with E-state index in [0.717, 1.165) is 41.0 Å². The lowest BCUT2D eigenvalue weighted by molar-refractivity contribution is -0.116. The third kappa shape index (κ3) is 9.19. The zero-order chi connectivity index (χ0) is 36.3. The summed E-state index contributed by atoms with van der Waals surface area (Å²) in [5, 5.41) is 8.72. The number of ether oxygens (including phenoxy) is 3. The number of nitrogens with one attached hydrogen (secondary N) is 3. The number of carbonyl (C=O) groups is 4. The molecule has 0 fully saturated rings. The lowest BCUT2D eigenvalue weighted by Crippen LogP contribution is -2.30. The minimum atomic E-state index is -0.566. The minimum Gasteiger partial charge on any atom is -0.493 e. The van der Waals surface area contributed by atoms with Gasteiger partial charge in [0.05, 0.1) is 31.6 Å². The quantitative estimate of drug-likeness (QED) is 0.0683. The molecule has 0 saturated heterocycles. The van der Waals surface area contributed by atoms with Crippen LogP contribution in [0.15, 0.2) is 83.4 Å². The van der Waals surface area contributed by atoms with E-state index in [4.69, 9.17) is 14.2 Å². The monoisotopic (exact) mass is 727 g/mol. The summed E-state index contributed by atoms with van der Waals surface area (Å²) in [5.74, 6) is -0.785. The normalized spacial score (nSPS) is 13.0. The molecule has 266 valence electrons. The fourth-order valence-electron chi connectivity index (χ4n) is 5.72. The molecule has 1 unspecified atom stereocenters. The Morgan fingerprint density at radius 2 is 1.67 bits per heavy atom. The molecule has 0 saturated carbocycles. The summed E-state index contributed by atoms with van der Waals surface area (Å²) in [6.07, 6.45) is 5.77. The smallest absolute Gasteiger partial charge is 0.341 e. The zero-order valence-electron chi connectivity index (χ0n) is 29.0. The van der Waals surface area contributed by atoms with Crippen molar-refractivity contribution in [3.63, 3.8) is 0 Å². The van der Waals surface area contributed by atoms with Crippen LogP contribution in [-0.2, 0) is 27.2 Å². The Kier molecular flexibility index (Phi) is 12.9. The molecule has 5 rings (SSSR count). The van der Waals surface area contributed by atoms with E-state index in [1.54, 1.807) is 73.7 Å². The number of carbonyl (C=O) groups excluding carboxylic acids is 4. The van der Waals surface area contributed by atoms with Gasteiger partial charge in [-0.25, -0.2) is 4.79 Å². The van der Waals surface area contributed by atoms with Crippen LogP contribution in [0.1, 0.15) is 69.8 Å². The number of fused-ring (bicyclic) bond motifs is 1. The summed E-state index contributed by atoms with van der Waals surface area (Å²) >= 11 is 2.81. The van der Waals surface area contributed by atoms with E-state index in [1.807, 2.05) is 13.0 Å². The highest BCUT2D eigenvalue weighted by atomic mass is 32.2. The number of para-hydroxylation sites is 1. The summed E-state index contributed by atoms with van der Waals surface area (Å²) in [7, 11) is 3.01. The van der Waals surface area contributed by atoms with Crippen LogP contribution in [-0.4, -0.2) is 49.8 Å². The number of esters is 1. The lowest BCUT2D eigenvalue weighted by atomic mass is 9.95. The Morgan fingerprint density at radius 1 is 0.902 bits per heavy atom. The highest BCUT2D eigenvalue weighted by Crippen LogP contribution is 2.39. The number of hydrogen-bond acceptors (Lipinski definition) is 9. The van der Waals surface area contributed by atoms with Crippen molar-refractivity contribution < 1.29 is 33.4 Å². The predicted octanol–water partition coefficient (Wildman–Crippen LogP) is 7.74. The van der Waals surface area contributed by atoms with E-state index in [-0.39, 0.29) is 18.2 Å². The largest absolute Gasteiger partial charge is 0.493 e. The van der Waals surface area contributed by atoms with Crippen molar-refractivity contribution >= 4 is 63.6 Å². The average molecular weight is 728 g/mol. The number of methoxy groups -OCH3 is 2. The van der Waals surface area contributed by atoms with Crippen molar-refractivity contribution in [3.8, 4) is 11.5 Å². The Bertz CT molecular complexity index is 1920. The van der Waals surface area contributed by atoms with E-state index in [9.17, 15) is 19.2 Å². The molecule has 0 radical (unpaired) electrons. The van der Waals surface area contributed by atoms with Crippen LogP contribution in [0.4, 0.5) is 10.7 Å². The second-order valence-corrected chi connectivity index (χ2v) is 14.0. The minimum absolute atomic E-state index is 0.0182. The maximum Gasteiger partial charge on any atom is 0.341 e. The van der Waals surface area contributed by atoms with Crippen LogP contribution < -0.4 is 25.4 Å². The van der Waals surface area contributed by atoms with Gasteiger partial charge in [0.2, 0.25) is 5.91 Å². The van der Waals surface area contributed by atoms with Crippen molar-refractivity contribution in [3.05, 3.63) is 106 Å². The van der Waals surface area contributed by atoms with Crippen molar-refractivity contribution in [1.29, 1.82) is 0 Å². The van der Waals surface area contributed by atoms with Crippen molar-refractivity contribution in [2.75, 3.05) is 31.5 Å². The first-order chi connectivity index (χ1) is 24.8. The summed E-state index contributed by atoms with van der Waals surface area (Å²) in [4.78, 5) is 55.4. The van der Waals surface area contributed by atoms with Crippen LogP contribution in [0.5, 0.6) is 11.5 Å². The molecule has 1 aliphatic rings. The fourth-order valence-corrected chi connectivity index (χ4v) is 8.01. The number of amides is 3. The number of rotatable bonds is 14. The number of anilines is 2. The molecule has 3 aromatic carbocycles. The summed E-state index contributed by atoms with van der Waals surface area (Å²) in [6.45, 7) is 3.95. The van der Waals surface area contributed by atoms with Gasteiger partial charge in [0.1, 0.15) is 10.7 Å². The first-order valence-corrected chi connectivity index (χ1v) is 18.4. The molecule has 3 N–H and O–H groups in total. The molecule has 10 nitrogen and oxygen atoms in total. The molecule has 3 amide bonds. The van der Waals surface area contributed by atoms with Gasteiger partial charge in [-0.3, -0.25) is 14.4 Å². The number of aryl methyl sites for hydroxylation is 1. The predicted molar refractivity (Wildman–Crippen MR) is 202 cm³/mol. The maximum atomic E-state index is 13.8. The Hall–Kier alpha value is -5.07. The Labute approximate surface area is 306 Å². The van der Waals surface area contributed by atoms with Gasteiger partial charge in [-0.05, 0) is 87.1 Å². The standard InChI is InChI=1S/C39H41N3O7S2/c1-5-31(37(45)42-38-33(39(46)49-6-2)28-19-10-11-21-32(28)51-38)50-27-18-13-17-26(23-27)40-36(44)29(41-35(43)24-14-8-7-9-15-24)22-25-16-12-20-30(47-3)34(25)48-4/h7-9,12-18,20,22-23,31H,5-6,10-11,19,21H2,1-4H3,(H,40,44)(H,41,43)(H,42,45)/b29-22+. The molecule has 1 heterocycles. The molecule has 12 heteroatoms. The maximum absolute atomic E-state index is 13.8. The molecule has 4 aromatic rings. The highest BCUT2D eigenvalue weighted by Gasteiger charge is 2.29. The number of thioether (sulfide) groups is 1. The van der Waals surface area contributed by atoms with Gasteiger partial charge in [-0.15, -0.1) is 23.1 Å². The van der Waals surface area contributed by atoms with Gasteiger partial charge in [0, 0.05) is 26.6 Å². The molecule has 0 aliphatic heterocycles. The van der Waals surface area contributed by atoms with Crippen molar-refractivity contribution in [2.24, 2.45) is 0 Å². The molecule has 1 atom stereocenters. The van der Waals surface area contributed by atoms with Crippen LogP contribution in [0.2, 0.25) is 0 Å². The van der Waals surface area contributed by atoms with E-state index in [0.29, 0.717) is 45.3 Å². The zero-order valence-corrected chi connectivity index (χ0v) is 30.6. The summed E-state index contributed by atoms with van der Waals surface area (Å²) < 4.78 is 16.3. The number of benzene rings is 3. The van der Waals surface area contributed by atoms with Gasteiger partial charge in [-0.2, -0.15) is 0 Å². The van der Waals surface area contributed by atoms with Crippen LogP contribution in [0.25, 0.3) is 6.08 Å². The number of thiophene rings is 1. The van der Waals surface area contributed by atoms with Gasteiger partial charge >= 0.3 is 5.97 Å². The van der Waals surface area contributed by atoms with Crippen molar-refractivity contribution in [2.45, 2.75) is 56.1 Å². The number of hydrogen-bond donors (Lipinski definition) is 3. The van der Waals surface area contributed by atoms with Gasteiger partial charge in [-0.1, -0.05) is 43.3 Å². The second-order valence-electron chi connectivity index (χ2n) is 11.6. The van der Waals surface area contributed by atoms with Gasteiger partial charge in [0.15, 0.2) is 11.5 Å². The molecule has 1 aromatic heterocycles. The molecule has 0 bridgehead atoms. The van der Waals surface area contributed by atoms with Crippen LogP contribution in [0, 0.1) is 0 Å².